The Balaban J connectivity index is 0.00000180. The van der Waals surface area contributed by atoms with E-state index in [2.05, 4.69) is 15.1 Å². The maximum atomic E-state index is 14.1. The van der Waals surface area contributed by atoms with Crippen LogP contribution in [0.25, 0.3) is 22.2 Å². The Morgan fingerprint density at radius 1 is 1.07 bits per heavy atom. The van der Waals surface area contributed by atoms with Crippen LogP contribution < -0.4 is 0 Å². The Morgan fingerprint density at radius 2 is 1.89 bits per heavy atom. The quantitative estimate of drug-likeness (QED) is 0.706. The van der Waals surface area contributed by atoms with Gasteiger partial charge in [-0.05, 0) is 23.8 Å². The second-order valence-corrected chi connectivity index (χ2v) is 6.90. The van der Waals surface area contributed by atoms with E-state index in [0.29, 0.717) is 24.6 Å². The fourth-order valence-corrected chi connectivity index (χ4v) is 3.67. The first kappa shape index (κ1) is 17.9. The predicted molar refractivity (Wildman–Crippen MR) is 104 cm³/mol. The standard InChI is InChI=1S/C20H18FN3O2.ClH/c21-15-4-2-1-3-14(15)13-5-6-16-17(11-13)23-19(22-16)18-12-20(26-24-18)7-9-25-10-8-20;/h1-6,11H,7-10,12H2,(H,22,23);1H. The Morgan fingerprint density at radius 3 is 2.70 bits per heavy atom. The lowest BCUT2D eigenvalue weighted by molar-refractivity contribution is -0.0919. The van der Waals surface area contributed by atoms with Crippen molar-refractivity contribution in [3.05, 3.63) is 54.1 Å². The van der Waals surface area contributed by atoms with E-state index >= 15 is 0 Å². The molecule has 5 rings (SSSR count). The van der Waals surface area contributed by atoms with Gasteiger partial charge in [0.2, 0.25) is 0 Å². The van der Waals surface area contributed by atoms with Crippen LogP contribution in [0.1, 0.15) is 25.1 Å². The van der Waals surface area contributed by atoms with E-state index in [-0.39, 0.29) is 23.8 Å². The molecular formula is C20H19ClFN3O2. The molecule has 1 aromatic heterocycles. The molecule has 1 saturated heterocycles. The van der Waals surface area contributed by atoms with Crippen LogP contribution in [0, 0.1) is 5.82 Å². The zero-order valence-electron chi connectivity index (χ0n) is 14.6. The van der Waals surface area contributed by atoms with Crippen molar-refractivity contribution in [2.45, 2.75) is 24.9 Å². The molecule has 27 heavy (non-hydrogen) atoms. The average Bonchev–Trinajstić information content (AvgIpc) is 3.26. The van der Waals surface area contributed by atoms with Gasteiger partial charge in [0.25, 0.3) is 0 Å². The maximum Gasteiger partial charge on any atom is 0.156 e. The number of nitrogens with zero attached hydrogens (tertiary/aromatic N) is 2. The van der Waals surface area contributed by atoms with Gasteiger partial charge in [0, 0.05) is 24.8 Å². The molecule has 3 aromatic rings. The van der Waals surface area contributed by atoms with E-state index < -0.39 is 0 Å². The van der Waals surface area contributed by atoms with Crippen molar-refractivity contribution in [3.63, 3.8) is 0 Å². The summed E-state index contributed by atoms with van der Waals surface area (Å²) in [6.07, 6.45) is 2.42. The summed E-state index contributed by atoms with van der Waals surface area (Å²) >= 11 is 0. The molecule has 1 N–H and O–H groups in total. The van der Waals surface area contributed by atoms with Gasteiger partial charge in [-0.3, -0.25) is 0 Å². The summed E-state index contributed by atoms with van der Waals surface area (Å²) in [5.74, 6) is 0.482. The number of hydrogen-bond acceptors (Lipinski definition) is 4. The van der Waals surface area contributed by atoms with E-state index in [9.17, 15) is 4.39 Å². The molecule has 0 bridgehead atoms. The van der Waals surface area contributed by atoms with Gasteiger partial charge in [-0.1, -0.05) is 29.4 Å². The first-order valence-corrected chi connectivity index (χ1v) is 8.80. The monoisotopic (exact) mass is 387 g/mol. The number of benzene rings is 2. The van der Waals surface area contributed by atoms with E-state index in [0.717, 1.165) is 41.6 Å². The normalized spacial score (nSPS) is 18.2. The second-order valence-electron chi connectivity index (χ2n) is 6.90. The number of halogens is 2. The van der Waals surface area contributed by atoms with Crippen molar-refractivity contribution in [1.29, 1.82) is 0 Å². The minimum Gasteiger partial charge on any atom is -0.388 e. The molecule has 2 aliphatic heterocycles. The summed E-state index contributed by atoms with van der Waals surface area (Å²) in [5.41, 5.74) is 3.66. The molecule has 0 aliphatic carbocycles. The minimum atomic E-state index is -0.245. The highest BCUT2D eigenvalue weighted by atomic mass is 35.5. The summed E-state index contributed by atoms with van der Waals surface area (Å²) in [5, 5.41) is 4.28. The fraction of sp³-hybridized carbons (Fsp3) is 0.300. The van der Waals surface area contributed by atoms with Crippen molar-refractivity contribution in [1.82, 2.24) is 9.97 Å². The van der Waals surface area contributed by atoms with Crippen molar-refractivity contribution in [2.24, 2.45) is 5.16 Å². The predicted octanol–water partition coefficient (Wildman–Crippen LogP) is 4.46. The smallest absolute Gasteiger partial charge is 0.156 e. The molecule has 0 radical (unpaired) electrons. The zero-order chi connectivity index (χ0) is 17.6. The molecule has 0 atom stereocenters. The van der Waals surface area contributed by atoms with E-state index in [1.165, 1.54) is 6.07 Å². The first-order chi connectivity index (χ1) is 12.7. The topological polar surface area (TPSA) is 59.5 Å². The van der Waals surface area contributed by atoms with Gasteiger partial charge in [-0.2, -0.15) is 0 Å². The molecule has 0 amide bonds. The van der Waals surface area contributed by atoms with Gasteiger partial charge >= 0.3 is 0 Å². The lowest BCUT2D eigenvalue weighted by atomic mass is 9.89. The number of aromatic amines is 1. The summed E-state index contributed by atoms with van der Waals surface area (Å²) in [7, 11) is 0. The van der Waals surface area contributed by atoms with Crippen LogP contribution in [-0.2, 0) is 9.57 Å². The second kappa shape index (κ2) is 6.94. The van der Waals surface area contributed by atoms with E-state index in [1.807, 2.05) is 24.3 Å². The lowest BCUT2D eigenvalue weighted by Gasteiger charge is -2.30. The third-order valence-corrected chi connectivity index (χ3v) is 5.18. The number of H-pyrrole nitrogens is 1. The Bertz CT molecular complexity index is 1010. The molecule has 1 fully saturated rings. The fourth-order valence-electron chi connectivity index (χ4n) is 3.67. The van der Waals surface area contributed by atoms with Crippen LogP contribution >= 0.6 is 12.4 Å². The van der Waals surface area contributed by atoms with Gasteiger partial charge in [-0.25, -0.2) is 9.37 Å². The number of oxime groups is 1. The largest absolute Gasteiger partial charge is 0.388 e. The number of hydrogen-bond donors (Lipinski definition) is 1. The summed E-state index contributed by atoms with van der Waals surface area (Å²) in [4.78, 5) is 13.7. The first-order valence-electron chi connectivity index (χ1n) is 8.80. The van der Waals surface area contributed by atoms with Crippen LogP contribution in [0.2, 0.25) is 0 Å². The van der Waals surface area contributed by atoms with Crippen molar-refractivity contribution in [2.75, 3.05) is 13.2 Å². The molecule has 7 heteroatoms. The van der Waals surface area contributed by atoms with Gasteiger partial charge < -0.3 is 14.6 Å². The number of imidazole rings is 1. The molecule has 3 heterocycles. The average molecular weight is 388 g/mol. The Kier molecular flexibility index (Phi) is 4.61. The highest BCUT2D eigenvalue weighted by Gasteiger charge is 2.41. The molecular weight excluding hydrogens is 369 g/mol. The van der Waals surface area contributed by atoms with Crippen molar-refractivity contribution >= 4 is 29.2 Å². The molecule has 5 nitrogen and oxygen atoms in total. The molecule has 1 spiro atoms. The van der Waals surface area contributed by atoms with E-state index in [1.54, 1.807) is 12.1 Å². The SMILES string of the molecule is Cl.Fc1ccccc1-c1ccc2nc(C3=NOC4(CCOCC4)C3)[nH]c2c1. The third kappa shape index (κ3) is 3.19. The maximum absolute atomic E-state index is 14.1. The van der Waals surface area contributed by atoms with Crippen molar-refractivity contribution < 1.29 is 14.0 Å². The minimum absolute atomic E-state index is 0. The summed E-state index contributed by atoms with van der Waals surface area (Å²) in [6.45, 7) is 1.41. The van der Waals surface area contributed by atoms with Gasteiger partial charge in [0.1, 0.15) is 17.1 Å². The Labute approximate surface area is 162 Å². The third-order valence-electron chi connectivity index (χ3n) is 5.18. The molecule has 140 valence electrons. The Hall–Kier alpha value is -2.44. The number of aromatic nitrogens is 2. The lowest BCUT2D eigenvalue weighted by Crippen LogP contribution is -2.36. The molecule has 2 aliphatic rings. The van der Waals surface area contributed by atoms with Crippen LogP contribution in [-0.4, -0.2) is 34.5 Å². The number of rotatable bonds is 2. The number of fused-ring (bicyclic) bond motifs is 1. The van der Waals surface area contributed by atoms with Crippen LogP contribution in [0.15, 0.2) is 47.6 Å². The van der Waals surface area contributed by atoms with Crippen molar-refractivity contribution in [3.8, 4) is 11.1 Å². The number of nitrogens with one attached hydrogen (secondary N) is 1. The highest BCUT2D eigenvalue weighted by molar-refractivity contribution is 6.01. The highest BCUT2D eigenvalue weighted by Crippen LogP contribution is 2.35. The van der Waals surface area contributed by atoms with Gasteiger partial charge in [-0.15, -0.1) is 12.4 Å². The molecule has 0 saturated carbocycles. The zero-order valence-corrected chi connectivity index (χ0v) is 15.4. The van der Waals surface area contributed by atoms with E-state index in [4.69, 9.17) is 9.57 Å². The molecule has 0 unspecified atom stereocenters. The van der Waals surface area contributed by atoms with Crippen LogP contribution in [0.4, 0.5) is 4.39 Å². The van der Waals surface area contributed by atoms with Crippen LogP contribution in [0.3, 0.4) is 0 Å². The van der Waals surface area contributed by atoms with Gasteiger partial charge in [0.15, 0.2) is 5.82 Å². The summed E-state index contributed by atoms with van der Waals surface area (Å²) in [6, 6.07) is 12.5. The van der Waals surface area contributed by atoms with Gasteiger partial charge in [0.05, 0.1) is 24.2 Å². The summed E-state index contributed by atoms with van der Waals surface area (Å²) < 4.78 is 19.5. The number of ether oxygens (including phenoxy) is 1. The van der Waals surface area contributed by atoms with Crippen LogP contribution in [0.5, 0.6) is 0 Å². The molecule has 2 aromatic carbocycles.